The molecule has 1 atom stereocenters. The molecular weight excluding hydrogens is 210 g/mol. The van der Waals surface area contributed by atoms with Gasteiger partial charge in [-0.05, 0) is 27.2 Å². The third kappa shape index (κ3) is 4.51. The second-order valence-electron chi connectivity index (χ2n) is 4.54. The normalized spacial score (nSPS) is 12.9. The zero-order chi connectivity index (χ0) is 12.9. The highest BCUT2D eigenvalue weighted by molar-refractivity contribution is 5.81. The summed E-state index contributed by atoms with van der Waals surface area (Å²) in [6.45, 7) is 7.13. The van der Waals surface area contributed by atoms with Crippen molar-refractivity contribution in [1.82, 2.24) is 4.90 Å². The summed E-state index contributed by atoms with van der Waals surface area (Å²) < 4.78 is 9.77. The predicted octanol–water partition coefficient (Wildman–Crippen LogP) is 1.80. The van der Waals surface area contributed by atoms with E-state index >= 15 is 0 Å². The minimum Gasteiger partial charge on any atom is -0.467 e. The van der Waals surface area contributed by atoms with Gasteiger partial charge in [0.1, 0.15) is 11.6 Å². The van der Waals surface area contributed by atoms with Crippen molar-refractivity contribution in [2.75, 3.05) is 14.2 Å². The summed E-state index contributed by atoms with van der Waals surface area (Å²) in [5.41, 5.74) is -0.570. The number of likely N-dealkylation sites (N-methyl/N-ethyl adjacent to an activating group) is 1. The van der Waals surface area contributed by atoms with Gasteiger partial charge in [-0.1, -0.05) is 6.92 Å². The van der Waals surface area contributed by atoms with Crippen LogP contribution in [0.25, 0.3) is 0 Å². The van der Waals surface area contributed by atoms with Crippen LogP contribution in [0, 0.1) is 0 Å². The average Bonchev–Trinajstić information content (AvgIpc) is 2.15. The molecule has 94 valence electrons. The van der Waals surface area contributed by atoms with Crippen molar-refractivity contribution in [2.24, 2.45) is 0 Å². The SMILES string of the molecule is CC[C@@H](C(=O)OC)N(C)C(=O)OC(C)(C)C. The van der Waals surface area contributed by atoms with Crippen LogP contribution in [0.3, 0.4) is 0 Å². The van der Waals surface area contributed by atoms with Crippen LogP contribution in [0.2, 0.25) is 0 Å². The lowest BCUT2D eigenvalue weighted by Crippen LogP contribution is -2.44. The Hall–Kier alpha value is -1.26. The molecule has 0 aromatic carbocycles. The van der Waals surface area contributed by atoms with E-state index < -0.39 is 23.7 Å². The molecule has 0 saturated heterocycles. The first-order valence-electron chi connectivity index (χ1n) is 5.26. The molecular formula is C11H21NO4. The summed E-state index contributed by atoms with van der Waals surface area (Å²) in [6, 6.07) is -0.597. The Morgan fingerprint density at radius 3 is 2.12 bits per heavy atom. The van der Waals surface area contributed by atoms with Crippen LogP contribution in [0.4, 0.5) is 4.79 Å². The van der Waals surface area contributed by atoms with E-state index in [1.54, 1.807) is 20.8 Å². The Bertz CT molecular complexity index is 257. The quantitative estimate of drug-likeness (QED) is 0.695. The smallest absolute Gasteiger partial charge is 0.410 e. The highest BCUT2D eigenvalue weighted by Crippen LogP contribution is 2.12. The minimum atomic E-state index is -0.597. The zero-order valence-electron chi connectivity index (χ0n) is 10.9. The van der Waals surface area contributed by atoms with E-state index in [-0.39, 0.29) is 0 Å². The number of ether oxygens (including phenoxy) is 2. The molecule has 0 fully saturated rings. The third-order valence-corrected chi connectivity index (χ3v) is 2.01. The van der Waals surface area contributed by atoms with Gasteiger partial charge in [0.15, 0.2) is 0 Å². The lowest BCUT2D eigenvalue weighted by molar-refractivity contribution is -0.146. The number of hydrogen-bond donors (Lipinski definition) is 0. The molecule has 0 unspecified atom stereocenters. The summed E-state index contributed by atoms with van der Waals surface area (Å²) in [6.07, 6.45) is -0.0349. The van der Waals surface area contributed by atoms with Crippen LogP contribution in [0.15, 0.2) is 0 Å². The molecule has 0 spiro atoms. The number of nitrogens with zero attached hydrogens (tertiary/aromatic N) is 1. The molecule has 0 aromatic heterocycles. The summed E-state index contributed by atoms with van der Waals surface area (Å²) in [7, 11) is 2.83. The topological polar surface area (TPSA) is 55.8 Å². The molecule has 0 N–H and O–H groups in total. The van der Waals surface area contributed by atoms with Crippen LogP contribution in [-0.2, 0) is 14.3 Å². The standard InChI is InChI=1S/C11H21NO4/c1-7-8(9(13)15-6)12(5)10(14)16-11(2,3)4/h8H,7H2,1-6H3/t8-/m0/s1. The van der Waals surface area contributed by atoms with Gasteiger partial charge in [0.05, 0.1) is 7.11 Å². The van der Waals surface area contributed by atoms with Gasteiger partial charge in [0, 0.05) is 7.05 Å². The van der Waals surface area contributed by atoms with E-state index in [9.17, 15) is 9.59 Å². The van der Waals surface area contributed by atoms with Gasteiger partial charge in [-0.15, -0.1) is 0 Å². The van der Waals surface area contributed by atoms with Crippen molar-refractivity contribution in [3.8, 4) is 0 Å². The number of carbonyl (C=O) groups excluding carboxylic acids is 2. The second-order valence-corrected chi connectivity index (χ2v) is 4.54. The number of methoxy groups -OCH3 is 1. The van der Waals surface area contributed by atoms with E-state index in [2.05, 4.69) is 4.74 Å². The van der Waals surface area contributed by atoms with E-state index in [1.807, 2.05) is 6.92 Å². The van der Waals surface area contributed by atoms with Crippen molar-refractivity contribution >= 4 is 12.1 Å². The lowest BCUT2D eigenvalue weighted by atomic mass is 10.2. The number of hydrogen-bond acceptors (Lipinski definition) is 4. The molecule has 0 rings (SSSR count). The largest absolute Gasteiger partial charge is 0.467 e. The average molecular weight is 231 g/mol. The van der Waals surface area contributed by atoms with E-state index in [0.29, 0.717) is 6.42 Å². The van der Waals surface area contributed by atoms with Crippen LogP contribution in [0.1, 0.15) is 34.1 Å². The van der Waals surface area contributed by atoms with Gasteiger partial charge in [0.25, 0.3) is 0 Å². The van der Waals surface area contributed by atoms with Crippen molar-refractivity contribution in [3.05, 3.63) is 0 Å². The molecule has 0 aromatic rings. The summed E-state index contributed by atoms with van der Waals surface area (Å²) in [4.78, 5) is 24.3. The second kappa shape index (κ2) is 5.72. The maximum absolute atomic E-state index is 11.7. The Labute approximate surface area is 96.7 Å². The Morgan fingerprint density at radius 1 is 1.31 bits per heavy atom. The molecule has 1 amide bonds. The van der Waals surface area contributed by atoms with Gasteiger partial charge in [-0.25, -0.2) is 9.59 Å². The molecule has 0 aliphatic carbocycles. The monoisotopic (exact) mass is 231 g/mol. The molecule has 0 aliphatic heterocycles. The first kappa shape index (κ1) is 14.7. The minimum absolute atomic E-state index is 0.434. The van der Waals surface area contributed by atoms with E-state index in [0.717, 1.165) is 0 Å². The number of rotatable bonds is 3. The van der Waals surface area contributed by atoms with Gasteiger partial charge in [-0.3, -0.25) is 4.90 Å². The van der Waals surface area contributed by atoms with E-state index in [1.165, 1.54) is 19.1 Å². The first-order chi connectivity index (χ1) is 7.22. The van der Waals surface area contributed by atoms with Gasteiger partial charge < -0.3 is 9.47 Å². The summed E-state index contributed by atoms with van der Waals surface area (Å²) >= 11 is 0. The van der Waals surface area contributed by atoms with Crippen molar-refractivity contribution in [2.45, 2.75) is 45.8 Å². The highest BCUT2D eigenvalue weighted by Gasteiger charge is 2.29. The fraction of sp³-hybridized carbons (Fsp3) is 0.818. The summed E-state index contributed by atoms with van der Waals surface area (Å²) in [5.74, 6) is -0.434. The molecule has 5 heteroatoms. The number of amides is 1. The van der Waals surface area contributed by atoms with Crippen molar-refractivity contribution < 1.29 is 19.1 Å². The van der Waals surface area contributed by atoms with Crippen molar-refractivity contribution in [1.29, 1.82) is 0 Å². The molecule has 0 saturated carbocycles. The molecule has 0 radical (unpaired) electrons. The molecule has 0 heterocycles. The van der Waals surface area contributed by atoms with Crippen molar-refractivity contribution in [3.63, 3.8) is 0 Å². The first-order valence-corrected chi connectivity index (χ1v) is 5.26. The van der Waals surface area contributed by atoms with Gasteiger partial charge in [0.2, 0.25) is 0 Å². The maximum atomic E-state index is 11.7. The number of esters is 1. The van der Waals surface area contributed by atoms with Crippen LogP contribution in [-0.4, -0.2) is 42.8 Å². The lowest BCUT2D eigenvalue weighted by Gasteiger charge is -2.28. The molecule has 0 bridgehead atoms. The maximum Gasteiger partial charge on any atom is 0.410 e. The summed E-state index contributed by atoms with van der Waals surface area (Å²) in [5, 5.41) is 0. The third-order valence-electron chi connectivity index (χ3n) is 2.01. The Kier molecular flexibility index (Phi) is 5.27. The van der Waals surface area contributed by atoms with Crippen LogP contribution in [0.5, 0.6) is 0 Å². The highest BCUT2D eigenvalue weighted by atomic mass is 16.6. The van der Waals surface area contributed by atoms with Crippen LogP contribution >= 0.6 is 0 Å². The fourth-order valence-corrected chi connectivity index (χ4v) is 1.20. The van der Waals surface area contributed by atoms with Gasteiger partial charge >= 0.3 is 12.1 Å². The predicted molar refractivity (Wildman–Crippen MR) is 60.1 cm³/mol. The molecule has 5 nitrogen and oxygen atoms in total. The van der Waals surface area contributed by atoms with E-state index in [4.69, 9.17) is 4.74 Å². The molecule has 16 heavy (non-hydrogen) atoms. The van der Waals surface area contributed by atoms with Crippen LogP contribution < -0.4 is 0 Å². The van der Waals surface area contributed by atoms with Gasteiger partial charge in [-0.2, -0.15) is 0 Å². The fourth-order valence-electron chi connectivity index (χ4n) is 1.20. The Balaban J connectivity index is 4.57. The zero-order valence-corrected chi connectivity index (χ0v) is 10.9. The Morgan fingerprint density at radius 2 is 1.81 bits per heavy atom. The number of carbonyl (C=O) groups is 2. The molecule has 0 aliphatic rings.